The molecule has 112 valence electrons. The first-order chi connectivity index (χ1) is 9.00. The highest BCUT2D eigenvalue weighted by Gasteiger charge is 2.50. The van der Waals surface area contributed by atoms with E-state index in [0.29, 0.717) is 6.54 Å². The molecular weight excluding hydrogens is 260 g/mol. The normalized spacial score (nSPS) is 34.9. The SMILES string of the molecule is CS(=O)(=O)C1CCCC1(CN)N1CCCCCCC1. The van der Waals surface area contributed by atoms with Crippen molar-refractivity contribution in [2.75, 3.05) is 25.9 Å². The van der Waals surface area contributed by atoms with Crippen LogP contribution in [-0.2, 0) is 9.84 Å². The Kier molecular flexibility index (Phi) is 4.90. The van der Waals surface area contributed by atoms with Gasteiger partial charge in [0.2, 0.25) is 0 Å². The third-order valence-electron chi connectivity index (χ3n) is 5.03. The van der Waals surface area contributed by atoms with Gasteiger partial charge in [-0.2, -0.15) is 0 Å². The van der Waals surface area contributed by atoms with Crippen LogP contribution in [-0.4, -0.2) is 50.0 Å². The fraction of sp³-hybridized carbons (Fsp3) is 1.00. The highest BCUT2D eigenvalue weighted by atomic mass is 32.2. The average molecular weight is 288 g/mol. The van der Waals surface area contributed by atoms with E-state index in [1.54, 1.807) is 0 Å². The maximum atomic E-state index is 12.1. The molecule has 0 bridgehead atoms. The molecule has 2 atom stereocenters. The molecule has 0 aromatic carbocycles. The number of sulfone groups is 1. The van der Waals surface area contributed by atoms with Gasteiger partial charge in [0.1, 0.15) is 0 Å². The Bertz CT molecular complexity index is 388. The molecule has 0 aromatic rings. The predicted molar refractivity (Wildman–Crippen MR) is 78.9 cm³/mol. The Morgan fingerprint density at radius 1 is 1.11 bits per heavy atom. The van der Waals surface area contributed by atoms with Crippen LogP contribution in [0.3, 0.4) is 0 Å². The molecule has 0 radical (unpaired) electrons. The fourth-order valence-corrected chi connectivity index (χ4v) is 5.81. The summed E-state index contributed by atoms with van der Waals surface area (Å²) in [6, 6.07) is 0. The summed E-state index contributed by atoms with van der Waals surface area (Å²) in [6.07, 6.45) is 10.3. The summed E-state index contributed by atoms with van der Waals surface area (Å²) in [5.41, 5.74) is 5.78. The molecule has 2 fully saturated rings. The zero-order chi connectivity index (χ0) is 13.9. The summed E-state index contributed by atoms with van der Waals surface area (Å²) >= 11 is 0. The minimum Gasteiger partial charge on any atom is -0.329 e. The zero-order valence-corrected chi connectivity index (χ0v) is 12.9. The Morgan fingerprint density at radius 2 is 1.68 bits per heavy atom. The van der Waals surface area contributed by atoms with Gasteiger partial charge < -0.3 is 5.73 Å². The van der Waals surface area contributed by atoms with E-state index in [0.717, 1.165) is 32.4 Å². The van der Waals surface area contributed by atoms with Gasteiger partial charge >= 0.3 is 0 Å². The topological polar surface area (TPSA) is 63.4 Å². The molecule has 2 rings (SSSR count). The minimum atomic E-state index is -3.01. The van der Waals surface area contributed by atoms with Crippen LogP contribution in [0.4, 0.5) is 0 Å². The van der Waals surface area contributed by atoms with Gasteiger partial charge in [0.25, 0.3) is 0 Å². The quantitative estimate of drug-likeness (QED) is 0.856. The van der Waals surface area contributed by atoms with E-state index in [4.69, 9.17) is 5.73 Å². The maximum absolute atomic E-state index is 12.1. The molecule has 2 aliphatic rings. The summed E-state index contributed by atoms with van der Waals surface area (Å²) in [5.74, 6) is 0. The smallest absolute Gasteiger partial charge is 0.152 e. The number of nitrogens with zero attached hydrogens (tertiary/aromatic N) is 1. The highest BCUT2D eigenvalue weighted by Crippen LogP contribution is 2.39. The second kappa shape index (κ2) is 6.10. The monoisotopic (exact) mass is 288 g/mol. The molecule has 0 amide bonds. The minimum absolute atomic E-state index is 0.260. The number of likely N-dealkylation sites (tertiary alicyclic amines) is 1. The van der Waals surface area contributed by atoms with E-state index in [1.807, 2.05) is 0 Å². The van der Waals surface area contributed by atoms with Crippen LogP contribution in [0, 0.1) is 0 Å². The first-order valence-corrected chi connectivity index (χ1v) is 9.60. The van der Waals surface area contributed by atoms with Crippen LogP contribution in [0.5, 0.6) is 0 Å². The van der Waals surface area contributed by atoms with Crippen LogP contribution in [0.25, 0.3) is 0 Å². The predicted octanol–water partition coefficient (Wildman–Crippen LogP) is 1.55. The van der Waals surface area contributed by atoms with E-state index in [-0.39, 0.29) is 10.8 Å². The van der Waals surface area contributed by atoms with Crippen molar-refractivity contribution in [3.63, 3.8) is 0 Å². The van der Waals surface area contributed by atoms with Gasteiger partial charge in [0, 0.05) is 18.3 Å². The van der Waals surface area contributed by atoms with Crippen molar-refractivity contribution >= 4 is 9.84 Å². The van der Waals surface area contributed by atoms with Gasteiger partial charge in [0.05, 0.1) is 5.25 Å². The summed E-state index contributed by atoms with van der Waals surface area (Å²) < 4.78 is 24.2. The lowest BCUT2D eigenvalue weighted by Crippen LogP contribution is -2.61. The van der Waals surface area contributed by atoms with E-state index < -0.39 is 9.84 Å². The van der Waals surface area contributed by atoms with Gasteiger partial charge in [-0.15, -0.1) is 0 Å². The third kappa shape index (κ3) is 3.14. The molecule has 0 spiro atoms. The Hall–Kier alpha value is -0.130. The van der Waals surface area contributed by atoms with Crippen molar-refractivity contribution in [1.29, 1.82) is 0 Å². The summed E-state index contributed by atoms with van der Waals surface area (Å²) in [5, 5.41) is -0.260. The van der Waals surface area contributed by atoms with Crippen LogP contribution < -0.4 is 5.73 Å². The summed E-state index contributed by atoms with van der Waals surface area (Å²) in [7, 11) is -3.01. The average Bonchev–Trinajstić information content (AvgIpc) is 2.73. The van der Waals surface area contributed by atoms with Gasteiger partial charge in [-0.1, -0.05) is 25.7 Å². The highest BCUT2D eigenvalue weighted by molar-refractivity contribution is 7.91. The van der Waals surface area contributed by atoms with E-state index in [2.05, 4.69) is 4.90 Å². The molecule has 0 aromatic heterocycles. The third-order valence-corrected chi connectivity index (χ3v) is 6.74. The molecule has 1 saturated carbocycles. The molecule has 2 N–H and O–H groups in total. The second-order valence-electron chi connectivity index (χ2n) is 6.27. The van der Waals surface area contributed by atoms with Crippen molar-refractivity contribution in [2.45, 2.75) is 62.2 Å². The largest absolute Gasteiger partial charge is 0.329 e. The Balaban J connectivity index is 2.24. The standard InChI is InChI=1S/C14H28N2O2S/c1-19(17,18)13-8-7-9-14(13,12-15)16-10-5-3-2-4-6-11-16/h13H,2-12,15H2,1H3. The van der Waals surface area contributed by atoms with Crippen LogP contribution in [0.15, 0.2) is 0 Å². The number of hydrogen-bond donors (Lipinski definition) is 1. The fourth-order valence-electron chi connectivity index (χ4n) is 4.05. The van der Waals surface area contributed by atoms with Crippen LogP contribution in [0.1, 0.15) is 51.4 Å². The van der Waals surface area contributed by atoms with E-state index in [9.17, 15) is 8.42 Å². The summed E-state index contributed by atoms with van der Waals surface area (Å²) in [6.45, 7) is 2.51. The molecule has 4 nitrogen and oxygen atoms in total. The van der Waals surface area contributed by atoms with E-state index >= 15 is 0 Å². The second-order valence-corrected chi connectivity index (χ2v) is 8.50. The molecule has 1 aliphatic carbocycles. The summed E-state index contributed by atoms with van der Waals surface area (Å²) in [4.78, 5) is 2.42. The van der Waals surface area contributed by atoms with E-state index in [1.165, 1.54) is 38.4 Å². The maximum Gasteiger partial charge on any atom is 0.152 e. The van der Waals surface area contributed by atoms with Crippen LogP contribution >= 0.6 is 0 Å². The van der Waals surface area contributed by atoms with Crippen molar-refractivity contribution in [2.24, 2.45) is 5.73 Å². The first-order valence-electron chi connectivity index (χ1n) is 7.65. The lowest BCUT2D eigenvalue weighted by atomic mass is 9.92. The zero-order valence-electron chi connectivity index (χ0n) is 12.1. The van der Waals surface area contributed by atoms with Gasteiger partial charge in [-0.05, 0) is 38.8 Å². The molecular formula is C14H28N2O2S. The first kappa shape index (κ1) is 15.3. The Morgan fingerprint density at radius 3 is 2.21 bits per heavy atom. The van der Waals surface area contributed by atoms with Gasteiger partial charge in [-0.3, -0.25) is 4.90 Å². The molecule has 5 heteroatoms. The molecule has 2 unspecified atom stereocenters. The number of hydrogen-bond acceptors (Lipinski definition) is 4. The van der Waals surface area contributed by atoms with Gasteiger partial charge in [0.15, 0.2) is 9.84 Å². The molecule has 1 heterocycles. The van der Waals surface area contributed by atoms with Gasteiger partial charge in [-0.25, -0.2) is 8.42 Å². The van der Waals surface area contributed by atoms with Crippen molar-refractivity contribution in [3.8, 4) is 0 Å². The van der Waals surface area contributed by atoms with Crippen molar-refractivity contribution in [1.82, 2.24) is 4.90 Å². The molecule has 1 aliphatic heterocycles. The molecule has 19 heavy (non-hydrogen) atoms. The number of rotatable bonds is 3. The lowest BCUT2D eigenvalue weighted by molar-refractivity contribution is 0.0912. The van der Waals surface area contributed by atoms with Crippen molar-refractivity contribution in [3.05, 3.63) is 0 Å². The van der Waals surface area contributed by atoms with Crippen molar-refractivity contribution < 1.29 is 8.42 Å². The Labute approximate surface area is 117 Å². The number of nitrogens with two attached hydrogens (primary N) is 1. The molecule has 1 saturated heterocycles. The lowest BCUT2D eigenvalue weighted by Gasteiger charge is -2.45. The van der Waals surface area contributed by atoms with Crippen LogP contribution in [0.2, 0.25) is 0 Å².